The topological polar surface area (TPSA) is 40.6 Å². The van der Waals surface area contributed by atoms with E-state index in [0.29, 0.717) is 6.54 Å². The summed E-state index contributed by atoms with van der Waals surface area (Å²) in [5.74, 6) is 0.307. The summed E-state index contributed by atoms with van der Waals surface area (Å²) in [6, 6.07) is 0.400. The maximum Gasteiger partial charge on any atom is 0.227 e. The van der Waals surface area contributed by atoms with Crippen molar-refractivity contribution in [2.24, 2.45) is 11.3 Å². The summed E-state index contributed by atoms with van der Waals surface area (Å²) in [4.78, 5) is 29.0. The average Bonchev–Trinajstić information content (AvgIpc) is 2.36. The van der Waals surface area contributed by atoms with E-state index in [9.17, 15) is 9.59 Å². The number of likely N-dealkylation sites (tertiary alicyclic amines) is 1. The molecule has 0 N–H and O–H groups in total. The molecule has 122 valence electrons. The summed E-state index contributed by atoms with van der Waals surface area (Å²) in [6.45, 7) is 15.4. The Kier molecular flexibility index (Phi) is 5.83. The molecule has 0 spiro atoms. The molecule has 0 bridgehead atoms. The number of hydrogen-bond acceptors (Lipinski definition) is 2. The van der Waals surface area contributed by atoms with Crippen LogP contribution in [-0.2, 0) is 9.59 Å². The lowest BCUT2D eigenvalue weighted by Gasteiger charge is -2.39. The van der Waals surface area contributed by atoms with E-state index in [2.05, 4.69) is 27.7 Å². The van der Waals surface area contributed by atoms with Gasteiger partial charge >= 0.3 is 0 Å². The van der Waals surface area contributed by atoms with Crippen LogP contribution in [0.5, 0.6) is 0 Å². The molecule has 1 aliphatic heterocycles. The van der Waals surface area contributed by atoms with Gasteiger partial charge in [-0.2, -0.15) is 0 Å². The average molecular weight is 296 g/mol. The molecule has 2 amide bonds. The number of rotatable bonds is 3. The van der Waals surface area contributed by atoms with Crippen LogP contribution in [0.1, 0.15) is 61.3 Å². The number of piperidine rings is 1. The van der Waals surface area contributed by atoms with Gasteiger partial charge in [0.05, 0.1) is 5.92 Å². The molecule has 0 aromatic rings. The summed E-state index contributed by atoms with van der Waals surface area (Å²) in [6.07, 6.45) is 1.81. The van der Waals surface area contributed by atoms with Crippen molar-refractivity contribution in [2.45, 2.75) is 73.4 Å². The Morgan fingerprint density at radius 3 is 2.05 bits per heavy atom. The molecule has 4 heteroatoms. The van der Waals surface area contributed by atoms with Crippen molar-refractivity contribution in [2.75, 3.05) is 13.1 Å². The zero-order valence-electron chi connectivity index (χ0n) is 14.8. The molecule has 0 aromatic carbocycles. The molecule has 4 nitrogen and oxygen atoms in total. The maximum absolute atomic E-state index is 12.8. The van der Waals surface area contributed by atoms with Gasteiger partial charge in [-0.25, -0.2) is 0 Å². The molecular weight excluding hydrogens is 264 g/mol. The van der Waals surface area contributed by atoms with Crippen LogP contribution in [0.4, 0.5) is 0 Å². The summed E-state index contributed by atoms with van der Waals surface area (Å²) < 4.78 is 0. The second kappa shape index (κ2) is 6.80. The van der Waals surface area contributed by atoms with E-state index in [1.54, 1.807) is 0 Å². The van der Waals surface area contributed by atoms with Crippen molar-refractivity contribution in [1.82, 2.24) is 9.80 Å². The molecular formula is C17H32N2O2. The quantitative estimate of drug-likeness (QED) is 0.803. The van der Waals surface area contributed by atoms with E-state index >= 15 is 0 Å². The molecule has 0 saturated carbocycles. The van der Waals surface area contributed by atoms with Crippen LogP contribution >= 0.6 is 0 Å². The third-order valence-electron chi connectivity index (χ3n) is 4.07. The standard InChI is InChI=1S/C17H32N2O2/c1-12(2)19(13(3)4)15(20)14-9-8-10-18(11-14)16(21)17(5,6)7/h12-14H,8-11H2,1-7H3. The van der Waals surface area contributed by atoms with Gasteiger partial charge < -0.3 is 9.80 Å². The van der Waals surface area contributed by atoms with Crippen LogP contribution in [0.25, 0.3) is 0 Å². The highest BCUT2D eigenvalue weighted by molar-refractivity contribution is 5.84. The van der Waals surface area contributed by atoms with E-state index in [4.69, 9.17) is 0 Å². The van der Waals surface area contributed by atoms with Gasteiger partial charge in [0.15, 0.2) is 0 Å². The first kappa shape index (κ1) is 18.0. The summed E-state index contributed by atoms with van der Waals surface area (Å²) in [7, 11) is 0. The van der Waals surface area contributed by atoms with E-state index in [1.165, 1.54) is 0 Å². The van der Waals surface area contributed by atoms with Crippen molar-refractivity contribution in [3.05, 3.63) is 0 Å². The van der Waals surface area contributed by atoms with E-state index in [0.717, 1.165) is 19.4 Å². The lowest BCUT2D eigenvalue weighted by molar-refractivity contribution is -0.147. The molecule has 0 radical (unpaired) electrons. The largest absolute Gasteiger partial charge is 0.341 e. The van der Waals surface area contributed by atoms with E-state index < -0.39 is 0 Å². The third kappa shape index (κ3) is 4.45. The summed E-state index contributed by atoms with van der Waals surface area (Å²) >= 11 is 0. The lowest BCUT2D eigenvalue weighted by atomic mass is 9.90. The highest BCUT2D eigenvalue weighted by atomic mass is 16.2. The van der Waals surface area contributed by atoms with Crippen molar-refractivity contribution in [3.8, 4) is 0 Å². The highest BCUT2D eigenvalue weighted by Gasteiger charge is 2.35. The Labute approximate surface area is 129 Å². The van der Waals surface area contributed by atoms with Crippen LogP contribution in [-0.4, -0.2) is 46.8 Å². The van der Waals surface area contributed by atoms with Crippen molar-refractivity contribution in [3.63, 3.8) is 0 Å². The van der Waals surface area contributed by atoms with Crippen LogP contribution in [0.2, 0.25) is 0 Å². The fraction of sp³-hybridized carbons (Fsp3) is 0.882. The van der Waals surface area contributed by atoms with Gasteiger partial charge in [0.25, 0.3) is 0 Å². The minimum Gasteiger partial charge on any atom is -0.341 e. The Morgan fingerprint density at radius 2 is 1.62 bits per heavy atom. The molecule has 1 fully saturated rings. The Morgan fingerprint density at radius 1 is 1.10 bits per heavy atom. The SMILES string of the molecule is CC(C)N(C(=O)C1CCCN(C(=O)C(C)(C)C)C1)C(C)C. The van der Waals surface area contributed by atoms with Gasteiger partial charge in [0.1, 0.15) is 0 Å². The van der Waals surface area contributed by atoms with Crippen molar-refractivity contribution in [1.29, 1.82) is 0 Å². The van der Waals surface area contributed by atoms with Gasteiger partial charge in [-0.05, 0) is 40.5 Å². The lowest BCUT2D eigenvalue weighted by Crippen LogP contribution is -2.52. The van der Waals surface area contributed by atoms with Crippen LogP contribution < -0.4 is 0 Å². The van der Waals surface area contributed by atoms with E-state index in [1.807, 2.05) is 30.6 Å². The Hall–Kier alpha value is -1.06. The molecule has 0 aromatic heterocycles. The van der Waals surface area contributed by atoms with Gasteiger partial charge in [0.2, 0.25) is 11.8 Å². The highest BCUT2D eigenvalue weighted by Crippen LogP contribution is 2.25. The van der Waals surface area contributed by atoms with Gasteiger partial charge in [-0.3, -0.25) is 9.59 Å². The molecule has 1 atom stereocenters. The first-order chi connectivity index (χ1) is 9.55. The third-order valence-corrected chi connectivity index (χ3v) is 4.07. The minimum absolute atomic E-state index is 0.0464. The summed E-state index contributed by atoms with van der Waals surface area (Å²) in [5, 5.41) is 0. The second-order valence-corrected chi connectivity index (χ2v) is 7.77. The number of carbonyl (C=O) groups excluding carboxylic acids is 2. The first-order valence-electron chi connectivity index (χ1n) is 8.17. The zero-order chi connectivity index (χ0) is 16.4. The first-order valence-corrected chi connectivity index (χ1v) is 8.17. The molecule has 1 unspecified atom stereocenters. The fourth-order valence-electron chi connectivity index (χ4n) is 3.15. The van der Waals surface area contributed by atoms with Crippen LogP contribution in [0.3, 0.4) is 0 Å². The van der Waals surface area contributed by atoms with Crippen molar-refractivity contribution >= 4 is 11.8 Å². The van der Waals surface area contributed by atoms with Crippen molar-refractivity contribution < 1.29 is 9.59 Å². The monoisotopic (exact) mass is 296 g/mol. The van der Waals surface area contributed by atoms with E-state index in [-0.39, 0.29) is 35.2 Å². The second-order valence-electron chi connectivity index (χ2n) is 7.77. The van der Waals surface area contributed by atoms with Crippen LogP contribution in [0, 0.1) is 11.3 Å². The minimum atomic E-state index is -0.374. The number of hydrogen-bond donors (Lipinski definition) is 0. The van der Waals surface area contributed by atoms with Gasteiger partial charge in [-0.15, -0.1) is 0 Å². The van der Waals surface area contributed by atoms with Gasteiger partial charge in [-0.1, -0.05) is 20.8 Å². The number of carbonyl (C=O) groups is 2. The number of nitrogens with zero attached hydrogens (tertiary/aromatic N) is 2. The maximum atomic E-state index is 12.8. The molecule has 1 rings (SSSR count). The predicted octanol–water partition coefficient (Wildman–Crippen LogP) is 2.92. The Balaban J connectivity index is 2.80. The molecule has 1 heterocycles. The fourth-order valence-corrected chi connectivity index (χ4v) is 3.15. The van der Waals surface area contributed by atoms with Gasteiger partial charge in [0, 0.05) is 30.6 Å². The smallest absolute Gasteiger partial charge is 0.227 e. The molecule has 1 aliphatic rings. The van der Waals surface area contributed by atoms with Crippen LogP contribution in [0.15, 0.2) is 0 Å². The molecule has 0 aliphatic carbocycles. The Bertz CT molecular complexity index is 375. The zero-order valence-corrected chi connectivity index (χ0v) is 14.8. The number of amides is 2. The predicted molar refractivity (Wildman–Crippen MR) is 85.9 cm³/mol. The molecule has 21 heavy (non-hydrogen) atoms. The molecule has 1 saturated heterocycles. The normalized spacial score (nSPS) is 20.0. The summed E-state index contributed by atoms with van der Waals surface area (Å²) in [5.41, 5.74) is -0.374.